The minimum atomic E-state index is -2.54. The topological polar surface area (TPSA) is 29.5 Å². The zero-order chi connectivity index (χ0) is 26.8. The quantitative estimate of drug-likeness (QED) is 0.287. The molecular weight excluding hydrogens is 456 g/mol. The molecule has 2 aromatic rings. The van der Waals surface area contributed by atoms with Crippen LogP contribution in [0.2, 0.25) is 5.04 Å². The maximum Gasteiger partial charge on any atom is 0.261 e. The number of aliphatic hydroxyl groups excluding tert-OH is 1. The highest BCUT2D eigenvalue weighted by atomic mass is 28.4. The summed E-state index contributed by atoms with van der Waals surface area (Å²) >= 11 is 0. The van der Waals surface area contributed by atoms with Crippen LogP contribution in [0.1, 0.15) is 75.2 Å². The number of aliphatic hydroxyl groups is 1. The number of hydrogen-bond acceptors (Lipinski definition) is 2. The third kappa shape index (κ3) is 5.30. The number of hydrogen-bond donors (Lipinski definition) is 1. The lowest BCUT2D eigenvalue weighted by molar-refractivity contribution is 0.0321. The Hall–Kier alpha value is -1.68. The van der Waals surface area contributed by atoms with Crippen LogP contribution < -0.4 is 10.4 Å². The van der Waals surface area contributed by atoms with E-state index in [1.807, 2.05) is 6.08 Å². The van der Waals surface area contributed by atoms with Crippen molar-refractivity contribution < 1.29 is 9.53 Å². The summed E-state index contributed by atoms with van der Waals surface area (Å²) in [5, 5.41) is 13.0. The Morgan fingerprint density at radius 3 is 1.86 bits per heavy atom. The Balaban J connectivity index is 1.93. The smallest absolute Gasteiger partial charge is 0.261 e. The van der Waals surface area contributed by atoms with E-state index in [0.717, 1.165) is 6.61 Å². The van der Waals surface area contributed by atoms with Crippen LogP contribution in [0.5, 0.6) is 0 Å². The summed E-state index contributed by atoms with van der Waals surface area (Å²) in [6.07, 6.45) is 6.25. The van der Waals surface area contributed by atoms with E-state index >= 15 is 0 Å². The standard InChI is InChI=1S/C33H50O2Si/c1-25(2)30(34)21-20-26(3)33(9)23-22-27(32(33,7)8)24-35-36(31(4,5)6,28-16-12-10-13-17-28)29-18-14-11-15-19-29/h10-21,25-27,30,34H,22-24H2,1-9H3/t26-,27-,30-,33+/m0/s1. The maximum absolute atomic E-state index is 10.3. The van der Waals surface area contributed by atoms with Crippen LogP contribution in [0.3, 0.4) is 0 Å². The van der Waals surface area contributed by atoms with Crippen molar-refractivity contribution in [2.75, 3.05) is 6.61 Å². The number of rotatable bonds is 9. The molecule has 0 heterocycles. The molecule has 0 radical (unpaired) electrons. The van der Waals surface area contributed by atoms with E-state index in [1.165, 1.54) is 23.2 Å². The van der Waals surface area contributed by atoms with Gasteiger partial charge in [-0.15, -0.1) is 0 Å². The summed E-state index contributed by atoms with van der Waals surface area (Å²) in [5.74, 6) is 1.11. The molecule has 2 nitrogen and oxygen atoms in total. The molecule has 198 valence electrons. The van der Waals surface area contributed by atoms with E-state index in [4.69, 9.17) is 4.43 Å². The predicted molar refractivity (Wildman–Crippen MR) is 157 cm³/mol. The molecule has 1 fully saturated rings. The molecule has 3 heteroatoms. The van der Waals surface area contributed by atoms with Gasteiger partial charge in [0.05, 0.1) is 6.10 Å². The van der Waals surface area contributed by atoms with Gasteiger partial charge in [-0.25, -0.2) is 0 Å². The molecule has 2 aromatic carbocycles. The summed E-state index contributed by atoms with van der Waals surface area (Å²) in [5.41, 5.74) is 0.268. The second-order valence-electron chi connectivity index (χ2n) is 13.3. The molecule has 0 spiro atoms. The molecular formula is C33H50O2Si. The lowest BCUT2D eigenvalue weighted by Crippen LogP contribution is -2.67. The molecule has 36 heavy (non-hydrogen) atoms. The van der Waals surface area contributed by atoms with Gasteiger partial charge in [0.15, 0.2) is 0 Å². The number of allylic oxidation sites excluding steroid dienone is 1. The molecule has 1 aliphatic rings. The second-order valence-corrected chi connectivity index (χ2v) is 17.6. The summed E-state index contributed by atoms with van der Waals surface area (Å²) in [7, 11) is -2.54. The van der Waals surface area contributed by atoms with E-state index in [1.54, 1.807) is 0 Å². The Bertz CT molecular complexity index is 950. The van der Waals surface area contributed by atoms with Gasteiger partial charge < -0.3 is 9.53 Å². The van der Waals surface area contributed by atoms with Crippen molar-refractivity contribution >= 4 is 18.7 Å². The Morgan fingerprint density at radius 1 is 0.917 bits per heavy atom. The van der Waals surface area contributed by atoms with Crippen LogP contribution in [0, 0.1) is 28.6 Å². The molecule has 1 aliphatic carbocycles. The zero-order valence-corrected chi connectivity index (χ0v) is 25.2. The zero-order valence-electron chi connectivity index (χ0n) is 24.2. The first-order chi connectivity index (χ1) is 16.8. The fourth-order valence-corrected chi connectivity index (χ4v) is 11.0. The fourth-order valence-electron chi connectivity index (χ4n) is 6.43. The monoisotopic (exact) mass is 506 g/mol. The van der Waals surface area contributed by atoms with Crippen molar-refractivity contribution in [3.05, 3.63) is 72.8 Å². The maximum atomic E-state index is 10.3. The van der Waals surface area contributed by atoms with Crippen LogP contribution in [-0.2, 0) is 4.43 Å². The van der Waals surface area contributed by atoms with Gasteiger partial charge in [0.1, 0.15) is 0 Å². The van der Waals surface area contributed by atoms with Crippen molar-refractivity contribution in [2.45, 2.75) is 86.3 Å². The molecule has 0 amide bonds. The normalized spacial score (nSPS) is 24.4. The fraction of sp³-hybridized carbons (Fsp3) is 0.576. The molecule has 1 saturated carbocycles. The first-order valence-electron chi connectivity index (χ1n) is 13.9. The van der Waals surface area contributed by atoms with Crippen LogP contribution >= 0.6 is 0 Å². The van der Waals surface area contributed by atoms with Crippen LogP contribution in [-0.4, -0.2) is 26.1 Å². The van der Waals surface area contributed by atoms with Gasteiger partial charge >= 0.3 is 0 Å². The second kappa shape index (κ2) is 11.0. The van der Waals surface area contributed by atoms with Crippen LogP contribution in [0.15, 0.2) is 72.8 Å². The third-order valence-electron chi connectivity index (χ3n) is 9.71. The van der Waals surface area contributed by atoms with Crippen LogP contribution in [0.4, 0.5) is 0 Å². The minimum Gasteiger partial charge on any atom is -0.407 e. The van der Waals surface area contributed by atoms with Gasteiger partial charge in [0, 0.05) is 6.61 Å². The molecule has 0 aromatic heterocycles. The Kier molecular flexibility index (Phi) is 8.80. The van der Waals surface area contributed by atoms with Crippen molar-refractivity contribution in [2.24, 2.45) is 28.6 Å². The third-order valence-corrected chi connectivity index (χ3v) is 14.7. The molecule has 4 atom stereocenters. The van der Waals surface area contributed by atoms with Gasteiger partial charge in [0.25, 0.3) is 8.32 Å². The predicted octanol–water partition coefficient (Wildman–Crippen LogP) is 7.21. The van der Waals surface area contributed by atoms with Crippen molar-refractivity contribution in [1.29, 1.82) is 0 Å². The number of benzene rings is 2. The SMILES string of the molecule is CC(C)[C@@H](O)C=C[C@H](C)[C@@]1(C)CC[C@@H](CO[Si](c2ccccc2)(c2ccccc2)C(C)(C)C)C1(C)C. The first kappa shape index (κ1) is 28.9. The van der Waals surface area contributed by atoms with Crippen molar-refractivity contribution in [3.8, 4) is 0 Å². The molecule has 1 N–H and O–H groups in total. The van der Waals surface area contributed by atoms with Crippen molar-refractivity contribution in [1.82, 2.24) is 0 Å². The highest BCUT2D eigenvalue weighted by Crippen LogP contribution is 2.60. The summed E-state index contributed by atoms with van der Waals surface area (Å²) in [6, 6.07) is 22.0. The molecule has 0 saturated heterocycles. The summed E-state index contributed by atoms with van der Waals surface area (Å²) in [6.45, 7) is 21.7. The largest absolute Gasteiger partial charge is 0.407 e. The highest BCUT2D eigenvalue weighted by Gasteiger charge is 2.55. The van der Waals surface area contributed by atoms with Crippen LogP contribution in [0.25, 0.3) is 0 Å². The minimum absolute atomic E-state index is 0.00916. The first-order valence-corrected chi connectivity index (χ1v) is 15.8. The lowest BCUT2D eigenvalue weighted by Gasteiger charge is -2.47. The van der Waals surface area contributed by atoms with E-state index in [2.05, 4.69) is 129 Å². The van der Waals surface area contributed by atoms with Gasteiger partial charge in [-0.1, -0.05) is 135 Å². The summed E-state index contributed by atoms with van der Waals surface area (Å²) in [4.78, 5) is 0. The molecule has 0 bridgehead atoms. The molecule has 0 unspecified atom stereocenters. The highest BCUT2D eigenvalue weighted by molar-refractivity contribution is 6.99. The average Bonchev–Trinajstić information content (AvgIpc) is 3.07. The molecule has 3 rings (SSSR count). The van der Waals surface area contributed by atoms with E-state index in [0.29, 0.717) is 11.8 Å². The van der Waals surface area contributed by atoms with E-state index in [-0.39, 0.29) is 27.9 Å². The van der Waals surface area contributed by atoms with Gasteiger partial charge in [-0.3, -0.25) is 0 Å². The van der Waals surface area contributed by atoms with E-state index < -0.39 is 8.32 Å². The van der Waals surface area contributed by atoms with Gasteiger partial charge in [-0.2, -0.15) is 0 Å². The molecule has 0 aliphatic heterocycles. The van der Waals surface area contributed by atoms with Gasteiger partial charge in [-0.05, 0) is 56.8 Å². The Labute approximate surface area is 222 Å². The average molecular weight is 507 g/mol. The van der Waals surface area contributed by atoms with E-state index in [9.17, 15) is 5.11 Å². The summed E-state index contributed by atoms with van der Waals surface area (Å²) < 4.78 is 7.37. The Morgan fingerprint density at radius 2 is 1.42 bits per heavy atom. The van der Waals surface area contributed by atoms with Crippen molar-refractivity contribution in [3.63, 3.8) is 0 Å². The van der Waals surface area contributed by atoms with Gasteiger partial charge in [0.2, 0.25) is 0 Å². The lowest BCUT2D eigenvalue weighted by atomic mass is 9.60.